The first-order valence-electron chi connectivity index (χ1n) is 5.72. The average molecular weight is 323 g/mol. The summed E-state index contributed by atoms with van der Waals surface area (Å²) in [5.41, 5.74) is 0.910. The monoisotopic (exact) mass is 322 g/mol. The van der Waals surface area contributed by atoms with Crippen LogP contribution in [-0.4, -0.2) is 36.1 Å². The van der Waals surface area contributed by atoms with Crippen molar-refractivity contribution in [2.75, 3.05) is 36.7 Å². The third-order valence-electron chi connectivity index (χ3n) is 2.33. The summed E-state index contributed by atoms with van der Waals surface area (Å²) in [6, 6.07) is 7.81. The van der Waals surface area contributed by atoms with Crippen molar-refractivity contribution >= 4 is 39.5 Å². The maximum absolute atomic E-state index is 4.34. The van der Waals surface area contributed by atoms with Gasteiger partial charge in [-0.3, -0.25) is 0 Å². The van der Waals surface area contributed by atoms with Crippen LogP contribution >= 0.6 is 15.9 Å². The van der Waals surface area contributed by atoms with E-state index in [9.17, 15) is 0 Å². The number of benzene rings is 1. The van der Waals surface area contributed by atoms with E-state index in [1.807, 2.05) is 43.3 Å². The highest BCUT2D eigenvalue weighted by molar-refractivity contribution is 9.10. The molecule has 0 bridgehead atoms. The lowest BCUT2D eigenvalue weighted by Gasteiger charge is -2.13. The van der Waals surface area contributed by atoms with Gasteiger partial charge in [-0.15, -0.1) is 0 Å². The molecule has 1 aromatic heterocycles. The van der Waals surface area contributed by atoms with Crippen LogP contribution in [0.3, 0.4) is 0 Å². The van der Waals surface area contributed by atoms with E-state index in [0.717, 1.165) is 10.2 Å². The fourth-order valence-electron chi connectivity index (χ4n) is 1.43. The maximum Gasteiger partial charge on any atom is 0.233 e. The van der Waals surface area contributed by atoms with Crippen LogP contribution in [0, 0.1) is 0 Å². The summed E-state index contributed by atoms with van der Waals surface area (Å²) >= 11 is 3.43. The molecule has 0 spiro atoms. The van der Waals surface area contributed by atoms with Gasteiger partial charge in [0.1, 0.15) is 0 Å². The summed E-state index contributed by atoms with van der Waals surface area (Å²) in [5, 5.41) is 6.08. The van der Waals surface area contributed by atoms with Crippen molar-refractivity contribution in [1.29, 1.82) is 0 Å². The Morgan fingerprint density at radius 3 is 2.47 bits per heavy atom. The molecule has 6 nitrogen and oxygen atoms in total. The first-order valence-corrected chi connectivity index (χ1v) is 6.51. The first-order chi connectivity index (χ1) is 9.08. The van der Waals surface area contributed by atoms with Crippen LogP contribution in [0.2, 0.25) is 0 Å². The average Bonchev–Trinajstić information content (AvgIpc) is 2.38. The SMILES string of the molecule is CNc1nc(Nc2cccc(Br)c2)nc(N(C)C)n1. The Hall–Kier alpha value is -1.89. The van der Waals surface area contributed by atoms with Gasteiger partial charge in [-0.25, -0.2) is 0 Å². The zero-order valence-electron chi connectivity index (χ0n) is 11.0. The van der Waals surface area contributed by atoms with E-state index in [1.54, 1.807) is 7.05 Å². The number of aromatic nitrogens is 3. The van der Waals surface area contributed by atoms with Gasteiger partial charge in [-0.05, 0) is 18.2 Å². The fraction of sp³-hybridized carbons (Fsp3) is 0.250. The van der Waals surface area contributed by atoms with Crippen molar-refractivity contribution < 1.29 is 0 Å². The highest BCUT2D eigenvalue weighted by Gasteiger charge is 2.07. The molecule has 100 valence electrons. The van der Waals surface area contributed by atoms with E-state index in [2.05, 4.69) is 41.5 Å². The van der Waals surface area contributed by atoms with Crippen molar-refractivity contribution in [2.45, 2.75) is 0 Å². The third-order valence-corrected chi connectivity index (χ3v) is 2.82. The van der Waals surface area contributed by atoms with Crippen LogP contribution in [0.15, 0.2) is 28.7 Å². The molecular weight excluding hydrogens is 308 g/mol. The van der Waals surface area contributed by atoms with E-state index in [0.29, 0.717) is 17.8 Å². The van der Waals surface area contributed by atoms with Crippen molar-refractivity contribution in [3.63, 3.8) is 0 Å². The molecule has 1 heterocycles. The summed E-state index contributed by atoms with van der Waals surface area (Å²) in [6.07, 6.45) is 0. The molecule has 0 radical (unpaired) electrons. The predicted molar refractivity (Wildman–Crippen MR) is 81.1 cm³/mol. The lowest BCUT2D eigenvalue weighted by molar-refractivity contribution is 0.963. The van der Waals surface area contributed by atoms with Crippen LogP contribution in [0.1, 0.15) is 0 Å². The van der Waals surface area contributed by atoms with Crippen LogP contribution in [-0.2, 0) is 0 Å². The van der Waals surface area contributed by atoms with E-state index < -0.39 is 0 Å². The van der Waals surface area contributed by atoms with Crippen LogP contribution in [0.25, 0.3) is 0 Å². The van der Waals surface area contributed by atoms with Crippen molar-refractivity contribution in [2.24, 2.45) is 0 Å². The molecule has 2 aromatic rings. The minimum Gasteiger partial charge on any atom is -0.357 e. The molecule has 7 heteroatoms. The van der Waals surface area contributed by atoms with Crippen LogP contribution in [0.5, 0.6) is 0 Å². The van der Waals surface area contributed by atoms with Gasteiger partial charge in [0.25, 0.3) is 0 Å². The second kappa shape index (κ2) is 5.83. The zero-order chi connectivity index (χ0) is 13.8. The molecule has 19 heavy (non-hydrogen) atoms. The van der Waals surface area contributed by atoms with E-state index in [-0.39, 0.29) is 0 Å². The maximum atomic E-state index is 4.34. The minimum atomic E-state index is 0.501. The normalized spacial score (nSPS) is 10.1. The summed E-state index contributed by atoms with van der Waals surface area (Å²) < 4.78 is 0.994. The molecule has 0 amide bonds. The fourth-order valence-corrected chi connectivity index (χ4v) is 1.83. The highest BCUT2D eigenvalue weighted by atomic mass is 79.9. The van der Waals surface area contributed by atoms with Crippen molar-refractivity contribution in [3.05, 3.63) is 28.7 Å². The minimum absolute atomic E-state index is 0.501. The zero-order valence-corrected chi connectivity index (χ0v) is 12.6. The smallest absolute Gasteiger partial charge is 0.233 e. The molecule has 0 saturated heterocycles. The summed E-state index contributed by atoms with van der Waals surface area (Å²) in [6.45, 7) is 0. The summed E-state index contributed by atoms with van der Waals surface area (Å²) in [7, 11) is 5.55. The molecule has 0 saturated carbocycles. The molecular formula is C12H15BrN6. The largest absolute Gasteiger partial charge is 0.357 e. The molecule has 0 aliphatic heterocycles. The topological polar surface area (TPSA) is 66.0 Å². The molecule has 0 fully saturated rings. The molecule has 0 aliphatic carbocycles. The van der Waals surface area contributed by atoms with Gasteiger partial charge in [0, 0.05) is 31.3 Å². The van der Waals surface area contributed by atoms with Crippen LogP contribution < -0.4 is 15.5 Å². The van der Waals surface area contributed by atoms with E-state index in [1.165, 1.54) is 0 Å². The number of hydrogen-bond acceptors (Lipinski definition) is 6. The van der Waals surface area contributed by atoms with Crippen molar-refractivity contribution in [3.8, 4) is 0 Å². The Morgan fingerprint density at radius 2 is 1.84 bits per heavy atom. The van der Waals surface area contributed by atoms with Gasteiger partial charge in [-0.2, -0.15) is 15.0 Å². The highest BCUT2D eigenvalue weighted by Crippen LogP contribution is 2.20. The van der Waals surface area contributed by atoms with Crippen LogP contribution in [0.4, 0.5) is 23.5 Å². The standard InChI is InChI=1S/C12H15BrN6/c1-14-10-16-11(18-12(17-10)19(2)3)15-9-6-4-5-8(13)7-9/h4-7H,1-3H3,(H2,14,15,16,17,18). The van der Waals surface area contributed by atoms with Gasteiger partial charge in [-0.1, -0.05) is 22.0 Å². The molecule has 2 N–H and O–H groups in total. The Balaban J connectivity index is 2.31. The number of rotatable bonds is 4. The molecule has 2 rings (SSSR count). The third kappa shape index (κ3) is 3.54. The second-order valence-electron chi connectivity index (χ2n) is 4.06. The molecule has 0 aliphatic rings. The number of anilines is 4. The van der Waals surface area contributed by atoms with Crippen molar-refractivity contribution in [1.82, 2.24) is 15.0 Å². The summed E-state index contributed by atoms with van der Waals surface area (Å²) in [4.78, 5) is 14.7. The molecule has 1 aromatic carbocycles. The number of nitrogens with zero attached hydrogens (tertiary/aromatic N) is 4. The molecule has 0 atom stereocenters. The van der Waals surface area contributed by atoms with Gasteiger partial charge in [0.15, 0.2) is 0 Å². The molecule has 0 unspecified atom stereocenters. The van der Waals surface area contributed by atoms with Gasteiger partial charge in [0.05, 0.1) is 0 Å². The lowest BCUT2D eigenvalue weighted by atomic mass is 10.3. The van der Waals surface area contributed by atoms with E-state index >= 15 is 0 Å². The van der Waals surface area contributed by atoms with E-state index in [4.69, 9.17) is 0 Å². The Morgan fingerprint density at radius 1 is 1.11 bits per heavy atom. The first kappa shape index (κ1) is 13.5. The Kier molecular flexibility index (Phi) is 4.16. The van der Waals surface area contributed by atoms with Gasteiger partial charge >= 0.3 is 0 Å². The lowest BCUT2D eigenvalue weighted by Crippen LogP contribution is -2.15. The van der Waals surface area contributed by atoms with Gasteiger partial charge < -0.3 is 15.5 Å². The number of hydrogen-bond donors (Lipinski definition) is 2. The predicted octanol–water partition coefficient (Wildman–Crippen LogP) is 2.49. The Labute approximate surface area is 120 Å². The number of nitrogens with one attached hydrogen (secondary N) is 2. The number of halogens is 1. The van der Waals surface area contributed by atoms with Gasteiger partial charge in [0.2, 0.25) is 17.8 Å². The Bertz CT molecular complexity index is 572. The quantitative estimate of drug-likeness (QED) is 0.901. The second-order valence-corrected chi connectivity index (χ2v) is 4.98. The summed E-state index contributed by atoms with van der Waals surface area (Å²) in [5.74, 6) is 1.62.